The standard InChI is InChI=1S/C7H8F5N/c8-5(7(10,11)12)6(9)13-3-1-2-4-13/h1-4H2/b6-5-. The summed E-state index contributed by atoms with van der Waals surface area (Å²) in [4.78, 5) is 0.767. The summed E-state index contributed by atoms with van der Waals surface area (Å²) < 4.78 is 60.0. The molecule has 0 amide bonds. The first-order chi connectivity index (χ1) is 5.93. The Labute approximate surface area is 71.8 Å². The van der Waals surface area contributed by atoms with Gasteiger partial charge < -0.3 is 4.90 Å². The number of halogens is 5. The molecular weight excluding hydrogens is 193 g/mol. The molecule has 6 heteroatoms. The maximum atomic E-state index is 12.7. The fourth-order valence-electron chi connectivity index (χ4n) is 1.17. The minimum absolute atomic E-state index is 0.148. The second-order valence-corrected chi connectivity index (χ2v) is 2.80. The van der Waals surface area contributed by atoms with Crippen LogP contribution in [0.5, 0.6) is 0 Å². The smallest absolute Gasteiger partial charge is 0.346 e. The second kappa shape index (κ2) is 3.51. The number of alkyl halides is 3. The fraction of sp³-hybridized carbons (Fsp3) is 0.714. The van der Waals surface area contributed by atoms with Crippen LogP contribution >= 0.6 is 0 Å². The van der Waals surface area contributed by atoms with Gasteiger partial charge in [-0.05, 0) is 12.8 Å². The van der Waals surface area contributed by atoms with Crippen LogP contribution in [-0.2, 0) is 0 Å². The quantitative estimate of drug-likeness (QED) is 0.465. The number of likely N-dealkylation sites (tertiary alicyclic amines) is 1. The molecule has 0 aliphatic carbocycles. The zero-order valence-corrected chi connectivity index (χ0v) is 6.67. The van der Waals surface area contributed by atoms with Crippen molar-refractivity contribution in [2.45, 2.75) is 19.0 Å². The molecule has 1 aliphatic heterocycles. The van der Waals surface area contributed by atoms with Gasteiger partial charge in [-0.25, -0.2) is 0 Å². The van der Waals surface area contributed by atoms with E-state index in [0.29, 0.717) is 12.8 Å². The molecule has 0 bridgehead atoms. The summed E-state index contributed by atoms with van der Waals surface area (Å²) >= 11 is 0. The molecule has 0 radical (unpaired) electrons. The van der Waals surface area contributed by atoms with E-state index in [1.54, 1.807) is 0 Å². The average Bonchev–Trinajstić information content (AvgIpc) is 2.51. The van der Waals surface area contributed by atoms with E-state index in [2.05, 4.69) is 0 Å². The molecule has 0 N–H and O–H groups in total. The Morgan fingerprint density at radius 2 is 1.46 bits per heavy atom. The Balaban J connectivity index is 2.77. The summed E-state index contributed by atoms with van der Waals surface area (Å²) in [7, 11) is 0. The highest BCUT2D eigenvalue weighted by molar-refractivity contribution is 5.05. The summed E-state index contributed by atoms with van der Waals surface area (Å²) in [5.41, 5.74) is 0. The summed E-state index contributed by atoms with van der Waals surface area (Å²) in [6.45, 7) is 0.296. The monoisotopic (exact) mass is 201 g/mol. The Morgan fingerprint density at radius 3 is 1.85 bits per heavy atom. The van der Waals surface area contributed by atoms with Crippen molar-refractivity contribution in [1.82, 2.24) is 4.90 Å². The predicted octanol–water partition coefficient (Wildman–Crippen LogP) is 2.75. The third kappa shape index (κ3) is 2.32. The van der Waals surface area contributed by atoms with Gasteiger partial charge in [0.2, 0.25) is 5.95 Å². The maximum absolute atomic E-state index is 12.7. The van der Waals surface area contributed by atoms with E-state index < -0.39 is 18.0 Å². The van der Waals surface area contributed by atoms with Crippen LogP contribution in [0.3, 0.4) is 0 Å². The molecule has 1 heterocycles. The van der Waals surface area contributed by atoms with Crippen molar-refractivity contribution in [2.75, 3.05) is 13.1 Å². The number of allylic oxidation sites excluding steroid dienone is 1. The van der Waals surface area contributed by atoms with Crippen LogP contribution in [0.25, 0.3) is 0 Å². The molecule has 76 valence electrons. The van der Waals surface area contributed by atoms with Crippen LogP contribution in [0.1, 0.15) is 12.8 Å². The summed E-state index contributed by atoms with van der Waals surface area (Å²) in [5.74, 6) is -4.42. The Bertz CT molecular complexity index is 213. The number of hydrogen-bond donors (Lipinski definition) is 0. The molecule has 1 nitrogen and oxygen atoms in total. The number of hydrogen-bond acceptors (Lipinski definition) is 1. The largest absolute Gasteiger partial charge is 0.447 e. The van der Waals surface area contributed by atoms with E-state index in [4.69, 9.17) is 0 Å². The lowest BCUT2D eigenvalue weighted by Crippen LogP contribution is -2.21. The van der Waals surface area contributed by atoms with Crippen molar-refractivity contribution in [1.29, 1.82) is 0 Å². The lowest BCUT2D eigenvalue weighted by molar-refractivity contribution is -0.113. The van der Waals surface area contributed by atoms with Crippen molar-refractivity contribution in [2.24, 2.45) is 0 Å². The zero-order chi connectivity index (χ0) is 10.1. The van der Waals surface area contributed by atoms with Crippen LogP contribution in [-0.4, -0.2) is 24.2 Å². The molecule has 0 aromatic carbocycles. The zero-order valence-electron chi connectivity index (χ0n) is 6.67. The second-order valence-electron chi connectivity index (χ2n) is 2.80. The van der Waals surface area contributed by atoms with Gasteiger partial charge in [-0.2, -0.15) is 22.0 Å². The van der Waals surface area contributed by atoms with E-state index in [0.717, 1.165) is 4.90 Å². The number of nitrogens with zero attached hydrogens (tertiary/aromatic N) is 1. The minimum Gasteiger partial charge on any atom is -0.346 e. The first-order valence-corrected chi connectivity index (χ1v) is 3.80. The number of rotatable bonds is 1. The van der Waals surface area contributed by atoms with Gasteiger partial charge in [0.05, 0.1) is 0 Å². The van der Waals surface area contributed by atoms with E-state index in [-0.39, 0.29) is 13.1 Å². The Kier molecular flexibility index (Phi) is 2.77. The molecule has 1 saturated heterocycles. The van der Waals surface area contributed by atoms with Crippen LogP contribution in [0.4, 0.5) is 22.0 Å². The molecule has 1 aliphatic rings. The van der Waals surface area contributed by atoms with E-state index >= 15 is 0 Å². The van der Waals surface area contributed by atoms with E-state index in [1.165, 1.54) is 0 Å². The van der Waals surface area contributed by atoms with Gasteiger partial charge in [0.25, 0.3) is 5.83 Å². The van der Waals surface area contributed by atoms with Crippen molar-refractivity contribution < 1.29 is 22.0 Å². The highest BCUT2D eigenvalue weighted by Crippen LogP contribution is 2.32. The highest BCUT2D eigenvalue weighted by Gasteiger charge is 2.40. The van der Waals surface area contributed by atoms with Gasteiger partial charge >= 0.3 is 6.18 Å². The Morgan fingerprint density at radius 1 is 1.00 bits per heavy atom. The first-order valence-electron chi connectivity index (χ1n) is 3.80. The van der Waals surface area contributed by atoms with Crippen molar-refractivity contribution >= 4 is 0 Å². The van der Waals surface area contributed by atoms with Crippen molar-refractivity contribution in [3.05, 3.63) is 11.8 Å². The molecule has 1 fully saturated rings. The molecule has 13 heavy (non-hydrogen) atoms. The van der Waals surface area contributed by atoms with Gasteiger partial charge in [-0.1, -0.05) is 0 Å². The first kappa shape index (κ1) is 10.3. The molecule has 0 aromatic heterocycles. The summed E-state index contributed by atoms with van der Waals surface area (Å²) in [6.07, 6.45) is -4.02. The van der Waals surface area contributed by atoms with Gasteiger partial charge in [0.15, 0.2) is 0 Å². The molecule has 0 atom stereocenters. The topological polar surface area (TPSA) is 3.24 Å². The van der Waals surface area contributed by atoms with Crippen LogP contribution in [0.15, 0.2) is 11.8 Å². The third-order valence-electron chi connectivity index (χ3n) is 1.81. The third-order valence-corrected chi connectivity index (χ3v) is 1.81. The molecule has 0 aromatic rings. The lowest BCUT2D eigenvalue weighted by atomic mass is 10.4. The van der Waals surface area contributed by atoms with Gasteiger partial charge in [0, 0.05) is 13.1 Å². The SMILES string of the molecule is F/C(=C(/F)C(F)(F)F)N1CCCC1. The molecular formula is C7H8F5N. The lowest BCUT2D eigenvalue weighted by Gasteiger charge is -2.15. The highest BCUT2D eigenvalue weighted by atomic mass is 19.4. The normalized spacial score (nSPS) is 20.5. The van der Waals surface area contributed by atoms with Crippen molar-refractivity contribution in [3.8, 4) is 0 Å². The minimum atomic E-state index is -5.22. The Hall–Kier alpha value is -0.810. The fourth-order valence-corrected chi connectivity index (χ4v) is 1.17. The molecule has 1 rings (SSSR count). The average molecular weight is 201 g/mol. The van der Waals surface area contributed by atoms with Crippen LogP contribution in [0, 0.1) is 0 Å². The van der Waals surface area contributed by atoms with Crippen LogP contribution < -0.4 is 0 Å². The van der Waals surface area contributed by atoms with E-state index in [9.17, 15) is 22.0 Å². The molecule has 0 unspecified atom stereocenters. The molecule has 0 spiro atoms. The van der Waals surface area contributed by atoms with Crippen LogP contribution in [0.2, 0.25) is 0 Å². The van der Waals surface area contributed by atoms with E-state index in [1.807, 2.05) is 0 Å². The summed E-state index contributed by atoms with van der Waals surface area (Å²) in [6, 6.07) is 0. The molecule has 0 saturated carbocycles. The van der Waals surface area contributed by atoms with Gasteiger partial charge in [-0.15, -0.1) is 0 Å². The van der Waals surface area contributed by atoms with Gasteiger partial charge in [0.1, 0.15) is 0 Å². The maximum Gasteiger partial charge on any atom is 0.447 e. The predicted molar refractivity (Wildman–Crippen MR) is 36.1 cm³/mol. The summed E-state index contributed by atoms with van der Waals surface area (Å²) in [5, 5.41) is 0. The van der Waals surface area contributed by atoms with Crippen molar-refractivity contribution in [3.63, 3.8) is 0 Å². The van der Waals surface area contributed by atoms with Gasteiger partial charge in [-0.3, -0.25) is 0 Å².